The van der Waals surface area contributed by atoms with Gasteiger partial charge in [0.25, 0.3) is 11.5 Å². The highest BCUT2D eigenvalue weighted by molar-refractivity contribution is 7.99. The molecule has 6 nitrogen and oxygen atoms in total. The van der Waals surface area contributed by atoms with Crippen LogP contribution in [0, 0.1) is 0 Å². The fraction of sp³-hybridized carbons (Fsp3) is 0.450. The van der Waals surface area contributed by atoms with Gasteiger partial charge in [-0.1, -0.05) is 63.2 Å². The van der Waals surface area contributed by atoms with Crippen molar-refractivity contribution < 1.29 is 9.90 Å². The predicted octanol–water partition coefficient (Wildman–Crippen LogP) is 3.85. The van der Waals surface area contributed by atoms with Gasteiger partial charge in [-0.25, -0.2) is 4.57 Å². The van der Waals surface area contributed by atoms with Crippen LogP contribution in [0.25, 0.3) is 0 Å². The molecule has 1 N–H and O–H groups in total. The van der Waals surface area contributed by atoms with Crippen LogP contribution in [-0.4, -0.2) is 50.9 Å². The smallest absolute Gasteiger partial charge is 0.268 e. The summed E-state index contributed by atoms with van der Waals surface area (Å²) in [5.41, 5.74) is -0.217. The molecule has 0 unspecified atom stereocenters. The third-order valence-electron chi connectivity index (χ3n) is 4.49. The first-order chi connectivity index (χ1) is 13.3. The molecule has 8 heteroatoms. The van der Waals surface area contributed by atoms with Gasteiger partial charge in [-0.2, -0.15) is 4.98 Å². The number of nitrogens with zero attached hydrogens (tertiary/aromatic N) is 3. The average molecular weight is 424 g/mol. The minimum Gasteiger partial charge on any atom is -0.493 e. The van der Waals surface area contributed by atoms with Crippen molar-refractivity contribution in [1.29, 1.82) is 0 Å². The molecule has 0 saturated carbocycles. The first-order valence-electron chi connectivity index (χ1n) is 9.32. The van der Waals surface area contributed by atoms with E-state index in [0.29, 0.717) is 5.75 Å². The van der Waals surface area contributed by atoms with Crippen LogP contribution >= 0.6 is 23.4 Å². The molecule has 0 spiro atoms. The number of aromatic nitrogens is 2. The normalized spacial score (nSPS) is 11.4. The largest absolute Gasteiger partial charge is 0.493 e. The molecule has 0 radical (unpaired) electrons. The molecule has 0 fully saturated rings. The molecule has 1 aromatic carbocycles. The van der Waals surface area contributed by atoms with Crippen molar-refractivity contribution in [3.63, 3.8) is 0 Å². The number of hydrogen-bond donors (Lipinski definition) is 1. The molecule has 1 heterocycles. The molecule has 28 heavy (non-hydrogen) atoms. The van der Waals surface area contributed by atoms with E-state index < -0.39 is 11.5 Å². The van der Waals surface area contributed by atoms with Gasteiger partial charge >= 0.3 is 0 Å². The van der Waals surface area contributed by atoms with Crippen LogP contribution in [0.4, 0.5) is 0 Å². The van der Waals surface area contributed by atoms with Crippen molar-refractivity contribution >= 4 is 29.3 Å². The minimum atomic E-state index is -0.558. The molecule has 0 bridgehead atoms. The quantitative estimate of drug-likeness (QED) is 0.513. The lowest BCUT2D eigenvalue weighted by molar-refractivity contribution is 0.0942. The standard InChI is InChI=1S/C20H26ClN3O3S/c1-5-23(6-2)11-12-28-20-22-17(25)16(13(3)4)19(27)24(20)18(26)14-9-7-8-10-15(14)21/h7-10,13,25H,5-6,11-12H2,1-4H3. The van der Waals surface area contributed by atoms with Gasteiger partial charge in [-0.15, -0.1) is 0 Å². The second-order valence-electron chi connectivity index (χ2n) is 6.59. The fourth-order valence-corrected chi connectivity index (χ4v) is 4.04. The van der Waals surface area contributed by atoms with E-state index in [1.807, 2.05) is 0 Å². The van der Waals surface area contributed by atoms with Gasteiger partial charge in [0.1, 0.15) is 0 Å². The molecular weight excluding hydrogens is 398 g/mol. The van der Waals surface area contributed by atoms with E-state index in [4.69, 9.17) is 11.6 Å². The summed E-state index contributed by atoms with van der Waals surface area (Å²) in [4.78, 5) is 32.6. The number of carbonyl (C=O) groups excluding carboxylic acids is 1. The first-order valence-corrected chi connectivity index (χ1v) is 10.7. The van der Waals surface area contributed by atoms with Gasteiger partial charge in [-0.3, -0.25) is 9.59 Å². The molecule has 0 aliphatic rings. The zero-order chi connectivity index (χ0) is 20.8. The van der Waals surface area contributed by atoms with Crippen molar-refractivity contribution in [1.82, 2.24) is 14.5 Å². The van der Waals surface area contributed by atoms with Crippen molar-refractivity contribution in [3.8, 4) is 5.88 Å². The predicted molar refractivity (Wildman–Crippen MR) is 114 cm³/mol. The van der Waals surface area contributed by atoms with Gasteiger partial charge in [0, 0.05) is 12.3 Å². The summed E-state index contributed by atoms with van der Waals surface area (Å²) in [6.45, 7) is 10.3. The lowest BCUT2D eigenvalue weighted by Gasteiger charge is -2.18. The zero-order valence-corrected chi connectivity index (χ0v) is 18.2. The molecule has 0 saturated heterocycles. The summed E-state index contributed by atoms with van der Waals surface area (Å²) in [5.74, 6) is -0.520. The Balaban J connectivity index is 2.51. The summed E-state index contributed by atoms with van der Waals surface area (Å²) < 4.78 is 1.03. The highest BCUT2D eigenvalue weighted by Gasteiger charge is 2.24. The molecule has 2 rings (SSSR count). The molecule has 1 aromatic heterocycles. The second kappa shape index (κ2) is 10.1. The average Bonchev–Trinajstić information content (AvgIpc) is 2.64. The summed E-state index contributed by atoms with van der Waals surface area (Å²) >= 11 is 7.44. The van der Waals surface area contributed by atoms with Crippen LogP contribution in [-0.2, 0) is 0 Å². The Morgan fingerprint density at radius 2 is 1.93 bits per heavy atom. The SMILES string of the molecule is CCN(CC)CCSc1nc(O)c(C(C)C)c(=O)n1C(=O)c1ccccc1Cl. The second-order valence-corrected chi connectivity index (χ2v) is 8.06. The summed E-state index contributed by atoms with van der Waals surface area (Å²) in [6, 6.07) is 6.58. The van der Waals surface area contributed by atoms with Crippen LogP contribution in [0.1, 0.15) is 49.5 Å². The zero-order valence-electron chi connectivity index (χ0n) is 16.6. The molecular formula is C20H26ClN3O3S. The Bertz CT molecular complexity index is 895. The minimum absolute atomic E-state index is 0.119. The Morgan fingerprint density at radius 3 is 2.50 bits per heavy atom. The van der Waals surface area contributed by atoms with Gasteiger partial charge in [0.2, 0.25) is 5.88 Å². The third kappa shape index (κ3) is 4.96. The Labute approximate surface area is 174 Å². The monoisotopic (exact) mass is 423 g/mol. The number of rotatable bonds is 8. The van der Waals surface area contributed by atoms with Crippen molar-refractivity contribution in [2.45, 2.75) is 38.8 Å². The van der Waals surface area contributed by atoms with E-state index in [2.05, 4.69) is 23.7 Å². The molecule has 0 amide bonds. The Morgan fingerprint density at radius 1 is 1.29 bits per heavy atom. The summed E-state index contributed by atoms with van der Waals surface area (Å²) in [7, 11) is 0. The van der Waals surface area contributed by atoms with Gasteiger partial charge in [0.05, 0.1) is 16.1 Å². The van der Waals surface area contributed by atoms with E-state index in [0.717, 1.165) is 24.2 Å². The highest BCUT2D eigenvalue weighted by Crippen LogP contribution is 2.25. The number of benzene rings is 1. The summed E-state index contributed by atoms with van der Waals surface area (Å²) in [6.07, 6.45) is 0. The number of carbonyl (C=O) groups is 1. The van der Waals surface area contributed by atoms with Crippen molar-refractivity contribution in [2.75, 3.05) is 25.4 Å². The molecule has 152 valence electrons. The fourth-order valence-electron chi connectivity index (χ4n) is 2.85. The van der Waals surface area contributed by atoms with Crippen LogP contribution in [0.5, 0.6) is 5.88 Å². The van der Waals surface area contributed by atoms with Crippen molar-refractivity contribution in [2.24, 2.45) is 0 Å². The number of halogens is 1. The van der Waals surface area contributed by atoms with E-state index in [1.165, 1.54) is 11.8 Å². The van der Waals surface area contributed by atoms with Crippen LogP contribution < -0.4 is 5.56 Å². The van der Waals surface area contributed by atoms with Crippen LogP contribution in [0.2, 0.25) is 5.02 Å². The van der Waals surface area contributed by atoms with E-state index >= 15 is 0 Å². The van der Waals surface area contributed by atoms with Gasteiger partial charge < -0.3 is 10.0 Å². The summed E-state index contributed by atoms with van der Waals surface area (Å²) in [5, 5.41) is 10.7. The first kappa shape index (κ1) is 22.5. The number of hydrogen-bond acceptors (Lipinski definition) is 6. The van der Waals surface area contributed by atoms with Gasteiger partial charge in [-0.05, 0) is 31.1 Å². The molecule has 0 atom stereocenters. The van der Waals surface area contributed by atoms with Crippen molar-refractivity contribution in [3.05, 3.63) is 50.8 Å². The third-order valence-corrected chi connectivity index (χ3v) is 5.73. The lowest BCUT2D eigenvalue weighted by Crippen LogP contribution is -2.33. The van der Waals surface area contributed by atoms with E-state index in [1.54, 1.807) is 38.1 Å². The maximum absolute atomic E-state index is 13.1. The molecule has 0 aliphatic carbocycles. The lowest BCUT2D eigenvalue weighted by atomic mass is 10.1. The van der Waals surface area contributed by atoms with Crippen LogP contribution in [0.3, 0.4) is 0 Å². The number of thioether (sulfide) groups is 1. The van der Waals surface area contributed by atoms with E-state index in [-0.39, 0.29) is 33.1 Å². The number of aromatic hydroxyl groups is 1. The highest BCUT2D eigenvalue weighted by atomic mass is 35.5. The van der Waals surface area contributed by atoms with Gasteiger partial charge in [0.15, 0.2) is 5.16 Å². The Hall–Kier alpha value is -1.83. The van der Waals surface area contributed by atoms with Crippen LogP contribution in [0.15, 0.2) is 34.2 Å². The molecule has 2 aromatic rings. The maximum Gasteiger partial charge on any atom is 0.268 e. The maximum atomic E-state index is 13.1. The van der Waals surface area contributed by atoms with E-state index in [9.17, 15) is 14.7 Å². The molecule has 0 aliphatic heterocycles. The topological polar surface area (TPSA) is 75.4 Å². The Kier molecular flexibility index (Phi) is 8.10.